The maximum atomic E-state index is 12.9. The quantitative estimate of drug-likeness (QED) is 0.837. The molecule has 0 saturated carbocycles. The van der Waals surface area contributed by atoms with Crippen LogP contribution in [-0.4, -0.2) is 12.5 Å². The Morgan fingerprint density at radius 2 is 1.72 bits per heavy atom. The van der Waals surface area contributed by atoms with E-state index in [4.69, 9.17) is 5.73 Å². The zero-order valence-electron chi connectivity index (χ0n) is 9.89. The molecule has 0 spiro atoms. The van der Waals surface area contributed by atoms with Gasteiger partial charge in [-0.25, -0.2) is 13.2 Å². The van der Waals surface area contributed by atoms with Crippen LogP contribution >= 0.6 is 12.4 Å². The van der Waals surface area contributed by atoms with Gasteiger partial charge in [-0.15, -0.1) is 12.4 Å². The number of nitrogens with two attached hydrogens (primary N) is 1. The second-order valence-corrected chi connectivity index (χ2v) is 4.30. The van der Waals surface area contributed by atoms with Crippen LogP contribution in [0.15, 0.2) is 12.1 Å². The highest BCUT2D eigenvalue weighted by molar-refractivity contribution is 5.94. The van der Waals surface area contributed by atoms with Gasteiger partial charge in [0.25, 0.3) is 0 Å². The summed E-state index contributed by atoms with van der Waals surface area (Å²) in [6.45, 7) is 3.24. The first-order valence-corrected chi connectivity index (χ1v) is 4.94. The molecule has 0 saturated heterocycles. The number of benzene rings is 1. The van der Waals surface area contributed by atoms with Crippen molar-refractivity contribution in [2.45, 2.75) is 13.8 Å². The third-order valence-electron chi connectivity index (χ3n) is 2.37. The molecule has 18 heavy (non-hydrogen) atoms. The van der Waals surface area contributed by atoms with E-state index in [1.165, 1.54) is 0 Å². The van der Waals surface area contributed by atoms with Gasteiger partial charge in [0.2, 0.25) is 5.91 Å². The minimum atomic E-state index is -1.57. The number of nitrogens with one attached hydrogen (secondary N) is 1. The number of carbonyl (C=O) groups is 1. The molecule has 1 aromatic rings. The molecule has 7 heteroatoms. The fourth-order valence-corrected chi connectivity index (χ4v) is 1.02. The number of anilines is 1. The van der Waals surface area contributed by atoms with E-state index in [0.717, 1.165) is 0 Å². The lowest BCUT2D eigenvalue weighted by Crippen LogP contribution is -2.37. The highest BCUT2D eigenvalue weighted by Gasteiger charge is 2.26. The van der Waals surface area contributed by atoms with Gasteiger partial charge in [-0.3, -0.25) is 4.79 Å². The Bertz CT molecular complexity index is 429. The van der Waals surface area contributed by atoms with Crippen LogP contribution in [0.4, 0.5) is 18.9 Å². The predicted octanol–water partition coefficient (Wildman–Crippen LogP) is 2.45. The third kappa shape index (κ3) is 3.61. The predicted molar refractivity (Wildman–Crippen MR) is 65.0 cm³/mol. The van der Waals surface area contributed by atoms with Gasteiger partial charge in [0, 0.05) is 24.4 Å². The van der Waals surface area contributed by atoms with Crippen LogP contribution in [0.25, 0.3) is 0 Å². The molecule has 3 N–H and O–H groups in total. The van der Waals surface area contributed by atoms with Crippen LogP contribution < -0.4 is 11.1 Å². The average Bonchev–Trinajstić information content (AvgIpc) is 2.25. The molecule has 1 aromatic carbocycles. The second kappa shape index (κ2) is 6.06. The van der Waals surface area contributed by atoms with E-state index in [1.54, 1.807) is 13.8 Å². The van der Waals surface area contributed by atoms with Gasteiger partial charge in [-0.1, -0.05) is 0 Å². The van der Waals surface area contributed by atoms with Gasteiger partial charge in [-0.05, 0) is 13.8 Å². The molecule has 0 radical (unpaired) electrons. The Balaban J connectivity index is 0.00000289. The Morgan fingerprint density at radius 1 is 1.28 bits per heavy atom. The van der Waals surface area contributed by atoms with Crippen molar-refractivity contribution in [3.05, 3.63) is 29.6 Å². The van der Waals surface area contributed by atoms with Gasteiger partial charge in [0.1, 0.15) is 0 Å². The number of carbonyl (C=O) groups excluding carboxylic acids is 1. The summed E-state index contributed by atoms with van der Waals surface area (Å²) in [6.07, 6.45) is 0. The Morgan fingerprint density at radius 3 is 2.11 bits per heavy atom. The number of halogens is 4. The van der Waals surface area contributed by atoms with Crippen molar-refractivity contribution in [3.63, 3.8) is 0 Å². The second-order valence-electron chi connectivity index (χ2n) is 4.30. The smallest absolute Gasteiger partial charge is 0.231 e. The first kappa shape index (κ1) is 16.7. The Hall–Kier alpha value is -1.27. The molecule has 0 atom stereocenters. The third-order valence-corrected chi connectivity index (χ3v) is 2.37. The first-order chi connectivity index (χ1) is 7.77. The van der Waals surface area contributed by atoms with E-state index >= 15 is 0 Å². The summed E-state index contributed by atoms with van der Waals surface area (Å²) >= 11 is 0. The summed E-state index contributed by atoms with van der Waals surface area (Å²) in [7, 11) is 0. The lowest BCUT2D eigenvalue weighted by atomic mass is 9.92. The largest absolute Gasteiger partial charge is 0.329 e. The van der Waals surface area contributed by atoms with E-state index in [2.05, 4.69) is 5.32 Å². The van der Waals surface area contributed by atoms with Crippen molar-refractivity contribution in [2.75, 3.05) is 11.9 Å². The molecule has 102 valence electrons. The number of hydrogen-bond donors (Lipinski definition) is 2. The molecule has 1 amide bonds. The van der Waals surface area contributed by atoms with Crippen molar-refractivity contribution in [1.82, 2.24) is 0 Å². The van der Waals surface area contributed by atoms with Crippen LogP contribution in [0.1, 0.15) is 13.8 Å². The SMILES string of the molecule is CC(C)(CN)C(=O)Nc1cc(F)c(F)c(F)c1.Cl. The van der Waals surface area contributed by atoms with Crippen molar-refractivity contribution in [3.8, 4) is 0 Å². The summed E-state index contributed by atoms with van der Waals surface area (Å²) in [4.78, 5) is 11.6. The molecule has 0 aromatic heterocycles. The van der Waals surface area contributed by atoms with Crippen molar-refractivity contribution >= 4 is 24.0 Å². The molecule has 0 unspecified atom stereocenters. The lowest BCUT2D eigenvalue weighted by molar-refractivity contribution is -0.123. The summed E-state index contributed by atoms with van der Waals surface area (Å²) in [5, 5.41) is 2.28. The van der Waals surface area contributed by atoms with E-state index in [0.29, 0.717) is 12.1 Å². The first-order valence-electron chi connectivity index (χ1n) is 4.94. The average molecular weight is 283 g/mol. The maximum absolute atomic E-state index is 12.9. The van der Waals surface area contributed by atoms with E-state index in [1.807, 2.05) is 0 Å². The summed E-state index contributed by atoms with van der Waals surface area (Å²) in [6, 6.07) is 1.42. The fourth-order valence-electron chi connectivity index (χ4n) is 1.02. The minimum Gasteiger partial charge on any atom is -0.329 e. The highest BCUT2D eigenvalue weighted by atomic mass is 35.5. The molecular weight excluding hydrogens is 269 g/mol. The van der Waals surface area contributed by atoms with Crippen LogP contribution in [-0.2, 0) is 4.79 Å². The van der Waals surface area contributed by atoms with Gasteiger partial charge in [-0.2, -0.15) is 0 Å². The van der Waals surface area contributed by atoms with Gasteiger partial charge >= 0.3 is 0 Å². The van der Waals surface area contributed by atoms with Crippen molar-refractivity contribution in [1.29, 1.82) is 0 Å². The normalized spacial score (nSPS) is 10.8. The monoisotopic (exact) mass is 282 g/mol. The van der Waals surface area contributed by atoms with Crippen LogP contribution in [0.2, 0.25) is 0 Å². The lowest BCUT2D eigenvalue weighted by Gasteiger charge is -2.21. The van der Waals surface area contributed by atoms with Crippen molar-refractivity contribution < 1.29 is 18.0 Å². The topological polar surface area (TPSA) is 55.1 Å². The molecule has 1 rings (SSSR count). The molecule has 3 nitrogen and oxygen atoms in total. The van der Waals surface area contributed by atoms with E-state index in [-0.39, 0.29) is 24.6 Å². The number of rotatable bonds is 3. The summed E-state index contributed by atoms with van der Waals surface area (Å²) < 4.78 is 38.4. The van der Waals surface area contributed by atoms with Crippen LogP contribution in [0, 0.1) is 22.9 Å². The summed E-state index contributed by atoms with van der Waals surface area (Å²) in [5.74, 6) is -4.77. The molecule has 0 fully saturated rings. The fraction of sp³-hybridized carbons (Fsp3) is 0.364. The standard InChI is InChI=1S/C11H13F3N2O.ClH/c1-11(2,5-15)10(17)16-6-3-7(12)9(14)8(13)4-6;/h3-4H,5,15H2,1-2H3,(H,16,17);1H. The highest BCUT2D eigenvalue weighted by Crippen LogP contribution is 2.20. The zero-order chi connectivity index (χ0) is 13.2. The number of hydrogen-bond acceptors (Lipinski definition) is 2. The van der Waals surface area contributed by atoms with E-state index < -0.39 is 28.8 Å². The Kier molecular flexibility index (Phi) is 5.63. The van der Waals surface area contributed by atoms with Gasteiger partial charge in [0.05, 0.1) is 5.41 Å². The summed E-state index contributed by atoms with van der Waals surface area (Å²) in [5.41, 5.74) is 4.36. The molecular formula is C11H14ClF3N2O. The minimum absolute atomic E-state index is 0. The molecule has 0 aliphatic rings. The molecule has 0 bridgehead atoms. The van der Waals surface area contributed by atoms with Gasteiger partial charge < -0.3 is 11.1 Å². The molecule has 0 aliphatic carbocycles. The molecule has 0 heterocycles. The van der Waals surface area contributed by atoms with Crippen LogP contribution in [0.5, 0.6) is 0 Å². The number of amides is 1. The van der Waals surface area contributed by atoms with Crippen LogP contribution in [0.3, 0.4) is 0 Å². The maximum Gasteiger partial charge on any atom is 0.231 e. The van der Waals surface area contributed by atoms with E-state index in [9.17, 15) is 18.0 Å². The van der Waals surface area contributed by atoms with Gasteiger partial charge in [0.15, 0.2) is 17.5 Å². The zero-order valence-corrected chi connectivity index (χ0v) is 10.7. The van der Waals surface area contributed by atoms with Crippen molar-refractivity contribution in [2.24, 2.45) is 11.1 Å². The Labute approximate surface area is 109 Å². The molecule has 0 aliphatic heterocycles.